The Hall–Kier alpha value is -2.88. The molecule has 2 aliphatic carbocycles. The van der Waals surface area contributed by atoms with Gasteiger partial charge in [-0.05, 0) is 54.0 Å². The van der Waals surface area contributed by atoms with Gasteiger partial charge in [-0.15, -0.1) is 0 Å². The van der Waals surface area contributed by atoms with Gasteiger partial charge in [0.2, 0.25) is 0 Å². The van der Waals surface area contributed by atoms with Crippen LogP contribution in [0.4, 0.5) is 0 Å². The van der Waals surface area contributed by atoms with Crippen molar-refractivity contribution < 1.29 is 14.3 Å². The van der Waals surface area contributed by atoms with Gasteiger partial charge >= 0.3 is 11.9 Å². The Kier molecular flexibility index (Phi) is 4.57. The Morgan fingerprint density at radius 1 is 0.962 bits per heavy atom. The van der Waals surface area contributed by atoms with Gasteiger partial charge in [-0.1, -0.05) is 54.6 Å². The molecular formula is C22H21NO3. The molecule has 132 valence electrons. The highest BCUT2D eigenvalue weighted by molar-refractivity contribution is 6.32. The van der Waals surface area contributed by atoms with Crippen LogP contribution in [0.1, 0.15) is 34.8 Å². The highest BCUT2D eigenvalue weighted by Crippen LogP contribution is 2.28. The van der Waals surface area contributed by atoms with Crippen LogP contribution < -0.4 is 5.32 Å². The molecule has 2 aromatic rings. The number of carbonyl (C=O) groups excluding carboxylic acids is 2. The summed E-state index contributed by atoms with van der Waals surface area (Å²) in [6, 6.07) is 16.0. The van der Waals surface area contributed by atoms with E-state index in [4.69, 9.17) is 4.74 Å². The topological polar surface area (TPSA) is 55.4 Å². The van der Waals surface area contributed by atoms with Gasteiger partial charge in [0.25, 0.3) is 0 Å². The Morgan fingerprint density at radius 3 is 2.54 bits per heavy atom. The maximum absolute atomic E-state index is 12.3. The van der Waals surface area contributed by atoms with Crippen LogP contribution in [0.25, 0.3) is 0 Å². The lowest BCUT2D eigenvalue weighted by Gasteiger charge is -2.25. The average Bonchev–Trinajstić information content (AvgIpc) is 2.68. The molecule has 0 aromatic heterocycles. The Bertz CT molecular complexity index is 871. The summed E-state index contributed by atoms with van der Waals surface area (Å²) in [6.45, 7) is 0. The molecule has 0 saturated heterocycles. The van der Waals surface area contributed by atoms with Crippen LogP contribution >= 0.6 is 0 Å². The number of benzene rings is 2. The molecular weight excluding hydrogens is 326 g/mol. The lowest BCUT2D eigenvalue weighted by molar-refractivity contribution is -0.158. The number of ether oxygens (including phenoxy) is 1. The molecule has 0 aliphatic heterocycles. The second-order valence-electron chi connectivity index (χ2n) is 6.84. The number of rotatable bonds is 2. The van der Waals surface area contributed by atoms with Crippen molar-refractivity contribution in [1.29, 1.82) is 0 Å². The number of aryl methyl sites for hydroxylation is 1. The molecule has 0 radical (unpaired) electrons. The molecule has 0 heterocycles. The van der Waals surface area contributed by atoms with E-state index < -0.39 is 18.0 Å². The van der Waals surface area contributed by atoms with Crippen molar-refractivity contribution in [2.45, 2.75) is 37.8 Å². The van der Waals surface area contributed by atoms with Crippen molar-refractivity contribution in [2.24, 2.45) is 0 Å². The molecule has 2 aromatic carbocycles. The van der Waals surface area contributed by atoms with Gasteiger partial charge < -0.3 is 10.1 Å². The number of nitrogens with one attached hydrogen (secondary N) is 1. The van der Waals surface area contributed by atoms with Crippen LogP contribution in [0.15, 0.2) is 60.7 Å². The zero-order chi connectivity index (χ0) is 17.9. The number of fused-ring (bicyclic) bond motifs is 2. The molecule has 1 amide bonds. The minimum atomic E-state index is -0.824. The minimum Gasteiger partial charge on any atom is -0.446 e. The molecule has 0 fully saturated rings. The maximum atomic E-state index is 12.3. The van der Waals surface area contributed by atoms with E-state index in [2.05, 4.69) is 17.4 Å². The smallest absolute Gasteiger partial charge is 0.397 e. The fourth-order valence-electron chi connectivity index (χ4n) is 3.76. The molecule has 0 unspecified atom stereocenters. The zero-order valence-electron chi connectivity index (χ0n) is 14.5. The van der Waals surface area contributed by atoms with Crippen LogP contribution in [0.2, 0.25) is 0 Å². The van der Waals surface area contributed by atoms with Crippen LogP contribution in [0.5, 0.6) is 0 Å². The van der Waals surface area contributed by atoms with Gasteiger partial charge in [-0.25, -0.2) is 4.79 Å². The summed E-state index contributed by atoms with van der Waals surface area (Å²) in [4.78, 5) is 24.6. The van der Waals surface area contributed by atoms with E-state index in [1.165, 1.54) is 11.1 Å². The zero-order valence-corrected chi connectivity index (χ0v) is 14.5. The van der Waals surface area contributed by atoms with Crippen LogP contribution in [0, 0.1) is 0 Å². The average molecular weight is 347 g/mol. The predicted octanol–water partition coefficient (Wildman–Crippen LogP) is 3.06. The normalized spacial score (nSPS) is 20.6. The Labute approximate surface area is 152 Å². The van der Waals surface area contributed by atoms with Crippen LogP contribution in [-0.2, 0) is 33.6 Å². The van der Waals surface area contributed by atoms with Gasteiger partial charge in [0.15, 0.2) is 0 Å². The van der Waals surface area contributed by atoms with Crippen molar-refractivity contribution in [2.75, 3.05) is 0 Å². The van der Waals surface area contributed by atoms with Crippen molar-refractivity contribution >= 4 is 11.9 Å². The summed E-state index contributed by atoms with van der Waals surface area (Å²) in [7, 11) is 0. The number of carbonyl (C=O) groups is 2. The number of hydrogen-bond acceptors (Lipinski definition) is 3. The first-order valence-electron chi connectivity index (χ1n) is 9.03. The third kappa shape index (κ3) is 3.40. The second kappa shape index (κ2) is 7.16. The van der Waals surface area contributed by atoms with E-state index in [0.717, 1.165) is 36.8 Å². The monoisotopic (exact) mass is 347 g/mol. The summed E-state index contributed by atoms with van der Waals surface area (Å²) in [5.41, 5.74) is 4.63. The largest absolute Gasteiger partial charge is 0.446 e. The number of esters is 1. The number of amides is 1. The van der Waals surface area contributed by atoms with E-state index in [0.29, 0.717) is 0 Å². The molecule has 0 bridgehead atoms. The fraction of sp³-hybridized carbons (Fsp3) is 0.273. The highest BCUT2D eigenvalue weighted by atomic mass is 16.5. The number of hydrogen-bond donors (Lipinski definition) is 1. The quantitative estimate of drug-likeness (QED) is 0.516. The number of allylic oxidation sites excluding steroid dienone is 1. The summed E-state index contributed by atoms with van der Waals surface area (Å²) in [5.74, 6) is -1.49. The summed E-state index contributed by atoms with van der Waals surface area (Å²) < 4.78 is 5.45. The SMILES string of the molecule is O=C(N[C@@H]1CCc2ccccc2C1)C(=O)O[C@@H]1C=CCc2ccccc21. The maximum Gasteiger partial charge on any atom is 0.397 e. The van der Waals surface area contributed by atoms with E-state index in [-0.39, 0.29) is 6.04 Å². The van der Waals surface area contributed by atoms with Gasteiger partial charge in [-0.2, -0.15) is 0 Å². The van der Waals surface area contributed by atoms with E-state index in [1.807, 2.05) is 48.6 Å². The predicted molar refractivity (Wildman–Crippen MR) is 98.5 cm³/mol. The van der Waals surface area contributed by atoms with E-state index in [1.54, 1.807) is 0 Å². The molecule has 4 heteroatoms. The first-order chi connectivity index (χ1) is 12.7. The molecule has 26 heavy (non-hydrogen) atoms. The van der Waals surface area contributed by atoms with Gasteiger partial charge in [-0.3, -0.25) is 4.79 Å². The van der Waals surface area contributed by atoms with Gasteiger partial charge in [0.1, 0.15) is 6.10 Å². The Balaban J connectivity index is 1.38. The summed E-state index contributed by atoms with van der Waals surface area (Å²) in [5, 5.41) is 2.84. The van der Waals surface area contributed by atoms with Crippen molar-refractivity contribution in [3.8, 4) is 0 Å². The highest BCUT2D eigenvalue weighted by Gasteiger charge is 2.27. The third-order valence-corrected chi connectivity index (χ3v) is 5.11. The van der Waals surface area contributed by atoms with Gasteiger partial charge in [0.05, 0.1) is 0 Å². The first-order valence-corrected chi connectivity index (χ1v) is 9.03. The van der Waals surface area contributed by atoms with Gasteiger partial charge in [0, 0.05) is 6.04 Å². The molecule has 0 saturated carbocycles. The van der Waals surface area contributed by atoms with E-state index in [9.17, 15) is 9.59 Å². The van der Waals surface area contributed by atoms with Crippen molar-refractivity contribution in [3.63, 3.8) is 0 Å². The third-order valence-electron chi connectivity index (χ3n) is 5.11. The van der Waals surface area contributed by atoms with E-state index >= 15 is 0 Å². The lowest BCUT2D eigenvalue weighted by atomic mass is 9.88. The summed E-state index contributed by atoms with van der Waals surface area (Å²) in [6.07, 6.45) is 6.63. The molecule has 1 N–H and O–H groups in total. The van der Waals surface area contributed by atoms with Crippen LogP contribution in [0.3, 0.4) is 0 Å². The molecule has 2 aliphatic rings. The van der Waals surface area contributed by atoms with Crippen molar-refractivity contribution in [3.05, 3.63) is 82.9 Å². The van der Waals surface area contributed by atoms with Crippen molar-refractivity contribution in [1.82, 2.24) is 5.32 Å². The standard InChI is InChI=1S/C22H21NO3/c24-21(23-18-13-12-15-6-1-2-8-17(15)14-18)22(25)26-20-11-5-9-16-7-3-4-10-19(16)20/h1-8,10-11,18,20H,9,12-14H2,(H,23,24)/t18-,20-/m1/s1. The first kappa shape index (κ1) is 16.6. The molecule has 0 spiro atoms. The molecule has 4 nitrogen and oxygen atoms in total. The molecule has 2 atom stereocenters. The van der Waals surface area contributed by atoms with Crippen LogP contribution in [-0.4, -0.2) is 17.9 Å². The lowest BCUT2D eigenvalue weighted by Crippen LogP contribution is -2.43. The summed E-state index contributed by atoms with van der Waals surface area (Å²) >= 11 is 0. The minimum absolute atomic E-state index is 0.0286. The molecule has 4 rings (SSSR count). The second-order valence-corrected chi connectivity index (χ2v) is 6.84. The Morgan fingerprint density at radius 2 is 1.69 bits per heavy atom. The fourth-order valence-corrected chi connectivity index (χ4v) is 3.76.